The van der Waals surface area contributed by atoms with Crippen molar-refractivity contribution in [1.82, 2.24) is 0 Å². The molecule has 1 unspecified atom stereocenters. The van der Waals surface area contributed by atoms with Crippen LogP contribution in [0.2, 0.25) is 5.02 Å². The molecule has 0 aromatic heterocycles. The predicted octanol–water partition coefficient (Wildman–Crippen LogP) is 5.81. The van der Waals surface area contributed by atoms with Gasteiger partial charge in [-0.2, -0.15) is 0 Å². The van der Waals surface area contributed by atoms with E-state index in [1.165, 1.54) is 16.7 Å². The molecule has 4 rings (SSSR count). The highest BCUT2D eigenvalue weighted by atomic mass is 35.5. The largest absolute Gasteiger partial charge is 0.0843 e. The summed E-state index contributed by atoms with van der Waals surface area (Å²) >= 11 is 6.04. The van der Waals surface area contributed by atoms with E-state index in [1.807, 2.05) is 12.1 Å². The highest BCUT2D eigenvalue weighted by molar-refractivity contribution is 6.30. The summed E-state index contributed by atoms with van der Waals surface area (Å²) in [5, 5.41) is 0.800. The molecule has 0 bridgehead atoms. The van der Waals surface area contributed by atoms with Gasteiger partial charge in [0.25, 0.3) is 0 Å². The minimum atomic E-state index is 0.107. The topological polar surface area (TPSA) is 0 Å². The highest BCUT2D eigenvalue weighted by Crippen LogP contribution is 2.64. The van der Waals surface area contributed by atoms with Crippen molar-refractivity contribution in [2.45, 2.75) is 17.8 Å². The molecule has 108 valence electrons. The lowest BCUT2D eigenvalue weighted by molar-refractivity contribution is 0.803. The van der Waals surface area contributed by atoms with E-state index in [0.29, 0.717) is 5.92 Å². The van der Waals surface area contributed by atoms with Gasteiger partial charge in [0.1, 0.15) is 0 Å². The maximum Gasteiger partial charge on any atom is 0.0406 e. The summed E-state index contributed by atoms with van der Waals surface area (Å²) in [7, 11) is 0. The standard InChI is InChI=1S/C21H17Cl/c22-19-13-11-16(12-14-19)20-15-21(20,17-7-3-1-4-8-17)18-9-5-2-6-10-18/h1-14,20H,15H2. The zero-order chi connectivity index (χ0) is 15.0. The summed E-state index contributed by atoms with van der Waals surface area (Å²) in [6.45, 7) is 0. The maximum absolute atomic E-state index is 6.04. The van der Waals surface area contributed by atoms with Gasteiger partial charge in [0.05, 0.1) is 0 Å². The average Bonchev–Trinajstić information content (AvgIpc) is 3.34. The Bertz CT molecular complexity index is 721. The Hall–Kier alpha value is -2.05. The molecule has 22 heavy (non-hydrogen) atoms. The molecule has 3 aromatic carbocycles. The number of benzene rings is 3. The molecule has 1 aliphatic carbocycles. The van der Waals surface area contributed by atoms with Crippen LogP contribution in [-0.2, 0) is 5.41 Å². The summed E-state index contributed by atoms with van der Waals surface area (Å²) in [5.41, 5.74) is 4.29. The lowest BCUT2D eigenvalue weighted by Crippen LogP contribution is -2.11. The molecule has 1 fully saturated rings. The van der Waals surface area contributed by atoms with Gasteiger partial charge in [-0.15, -0.1) is 0 Å². The Balaban J connectivity index is 1.81. The minimum absolute atomic E-state index is 0.107. The smallest absolute Gasteiger partial charge is 0.0406 e. The summed E-state index contributed by atoms with van der Waals surface area (Å²) in [4.78, 5) is 0. The van der Waals surface area contributed by atoms with E-state index in [2.05, 4.69) is 72.8 Å². The highest BCUT2D eigenvalue weighted by Gasteiger charge is 2.56. The lowest BCUT2D eigenvalue weighted by atomic mass is 9.84. The number of hydrogen-bond donors (Lipinski definition) is 0. The summed E-state index contributed by atoms with van der Waals surface area (Å²) in [6.07, 6.45) is 1.16. The third kappa shape index (κ3) is 2.15. The maximum atomic E-state index is 6.04. The molecule has 0 radical (unpaired) electrons. The second-order valence-corrected chi connectivity index (χ2v) is 6.45. The van der Waals surface area contributed by atoms with Gasteiger partial charge in [0, 0.05) is 10.4 Å². The van der Waals surface area contributed by atoms with Crippen LogP contribution in [0.1, 0.15) is 29.0 Å². The molecule has 0 spiro atoms. The van der Waals surface area contributed by atoms with Crippen molar-refractivity contribution in [3.8, 4) is 0 Å². The molecule has 1 heteroatoms. The van der Waals surface area contributed by atoms with Crippen molar-refractivity contribution in [2.75, 3.05) is 0 Å². The second kappa shape index (κ2) is 5.30. The first-order chi connectivity index (χ1) is 10.8. The molecule has 0 heterocycles. The van der Waals surface area contributed by atoms with Gasteiger partial charge in [0.15, 0.2) is 0 Å². The molecule has 0 nitrogen and oxygen atoms in total. The SMILES string of the molecule is Clc1ccc(C2CC2(c2ccccc2)c2ccccc2)cc1. The monoisotopic (exact) mass is 304 g/mol. The fourth-order valence-corrected chi connectivity index (χ4v) is 3.76. The van der Waals surface area contributed by atoms with Crippen molar-refractivity contribution in [1.29, 1.82) is 0 Å². The van der Waals surface area contributed by atoms with E-state index >= 15 is 0 Å². The first kappa shape index (κ1) is 13.6. The number of hydrogen-bond acceptors (Lipinski definition) is 0. The van der Waals surface area contributed by atoms with Crippen LogP contribution in [0, 0.1) is 0 Å². The quantitative estimate of drug-likeness (QED) is 0.572. The zero-order valence-electron chi connectivity index (χ0n) is 12.2. The lowest BCUT2D eigenvalue weighted by Gasteiger charge is -2.19. The van der Waals surface area contributed by atoms with Crippen LogP contribution in [0.4, 0.5) is 0 Å². The Morgan fingerprint density at radius 1 is 0.682 bits per heavy atom. The van der Waals surface area contributed by atoms with Gasteiger partial charge in [-0.25, -0.2) is 0 Å². The number of halogens is 1. The summed E-state index contributed by atoms with van der Waals surface area (Å²) in [5.74, 6) is 0.523. The van der Waals surface area contributed by atoms with Crippen molar-refractivity contribution >= 4 is 11.6 Å². The van der Waals surface area contributed by atoms with Gasteiger partial charge in [-0.3, -0.25) is 0 Å². The van der Waals surface area contributed by atoms with Crippen molar-refractivity contribution < 1.29 is 0 Å². The van der Waals surface area contributed by atoms with E-state index in [0.717, 1.165) is 11.4 Å². The Kier molecular flexibility index (Phi) is 3.28. The second-order valence-electron chi connectivity index (χ2n) is 6.01. The van der Waals surface area contributed by atoms with Crippen LogP contribution >= 0.6 is 11.6 Å². The normalized spacial score (nSPS) is 18.9. The number of rotatable bonds is 3. The van der Waals surface area contributed by atoms with Crippen LogP contribution in [0.25, 0.3) is 0 Å². The average molecular weight is 305 g/mol. The van der Waals surface area contributed by atoms with Gasteiger partial charge in [-0.1, -0.05) is 84.4 Å². The van der Waals surface area contributed by atoms with Crippen LogP contribution in [0.15, 0.2) is 84.9 Å². The Labute approximate surface area is 136 Å². The molecule has 3 aromatic rings. The van der Waals surface area contributed by atoms with Crippen LogP contribution in [0.5, 0.6) is 0 Å². The minimum Gasteiger partial charge on any atom is -0.0843 e. The molecular formula is C21H17Cl. The molecule has 1 atom stereocenters. The first-order valence-corrected chi connectivity index (χ1v) is 8.05. The van der Waals surface area contributed by atoms with Crippen molar-refractivity contribution in [2.24, 2.45) is 0 Å². The molecule has 1 saturated carbocycles. The van der Waals surface area contributed by atoms with E-state index in [-0.39, 0.29) is 5.41 Å². The Morgan fingerprint density at radius 3 is 1.68 bits per heavy atom. The van der Waals surface area contributed by atoms with E-state index in [4.69, 9.17) is 11.6 Å². The van der Waals surface area contributed by atoms with Gasteiger partial charge in [-0.05, 0) is 41.2 Å². The van der Waals surface area contributed by atoms with E-state index < -0.39 is 0 Å². The molecule has 0 saturated heterocycles. The molecule has 0 aliphatic heterocycles. The van der Waals surface area contributed by atoms with E-state index in [1.54, 1.807) is 0 Å². The van der Waals surface area contributed by atoms with Gasteiger partial charge in [0.2, 0.25) is 0 Å². The third-order valence-electron chi connectivity index (χ3n) is 4.81. The summed E-state index contributed by atoms with van der Waals surface area (Å²) < 4.78 is 0. The van der Waals surface area contributed by atoms with E-state index in [9.17, 15) is 0 Å². The van der Waals surface area contributed by atoms with Gasteiger partial charge >= 0.3 is 0 Å². The molecule has 0 N–H and O–H groups in total. The summed E-state index contributed by atoms with van der Waals surface area (Å²) in [6, 6.07) is 30.1. The fraction of sp³-hybridized carbons (Fsp3) is 0.143. The van der Waals surface area contributed by atoms with Crippen LogP contribution < -0.4 is 0 Å². The van der Waals surface area contributed by atoms with Crippen LogP contribution in [-0.4, -0.2) is 0 Å². The van der Waals surface area contributed by atoms with Crippen molar-refractivity contribution in [3.63, 3.8) is 0 Å². The molecule has 1 aliphatic rings. The van der Waals surface area contributed by atoms with Crippen molar-refractivity contribution in [3.05, 3.63) is 107 Å². The van der Waals surface area contributed by atoms with Crippen LogP contribution in [0.3, 0.4) is 0 Å². The third-order valence-corrected chi connectivity index (χ3v) is 5.06. The zero-order valence-corrected chi connectivity index (χ0v) is 13.0. The molecular weight excluding hydrogens is 288 g/mol. The first-order valence-electron chi connectivity index (χ1n) is 7.67. The Morgan fingerprint density at radius 2 is 1.18 bits per heavy atom. The predicted molar refractivity (Wildman–Crippen MR) is 92.5 cm³/mol. The molecule has 0 amide bonds. The fourth-order valence-electron chi connectivity index (χ4n) is 3.64. The van der Waals surface area contributed by atoms with Gasteiger partial charge < -0.3 is 0 Å².